The summed E-state index contributed by atoms with van der Waals surface area (Å²) >= 11 is 1.78. The smallest absolute Gasteiger partial charge is 0.168 e. The van der Waals surface area contributed by atoms with Crippen molar-refractivity contribution in [2.24, 2.45) is 0 Å². The third-order valence-corrected chi connectivity index (χ3v) is 6.89. The van der Waals surface area contributed by atoms with Gasteiger partial charge in [0.05, 0.1) is 9.88 Å². The summed E-state index contributed by atoms with van der Waals surface area (Å²) in [6, 6.07) is 9.90. The molecule has 2 heterocycles. The maximum absolute atomic E-state index is 9.84. The van der Waals surface area contributed by atoms with Crippen molar-refractivity contribution in [1.29, 1.82) is 0 Å². The highest BCUT2D eigenvalue weighted by Gasteiger charge is 2.19. The Morgan fingerprint density at radius 2 is 1.97 bits per heavy atom. The maximum Gasteiger partial charge on any atom is 0.168 e. The first-order chi connectivity index (χ1) is 15.9. The second-order valence-electron chi connectivity index (χ2n) is 9.02. The Hall–Kier alpha value is -2.88. The fourth-order valence-corrected chi connectivity index (χ4v) is 5.03. The molecule has 0 unspecified atom stereocenters. The SMILES string of the molecule is CNc1ncc(-c2cnc(C3CCCCC3)s2)cc1OCc1cccc(C#CC(C)(C)O)c1. The molecule has 0 amide bonds. The molecule has 2 N–H and O–H groups in total. The van der Waals surface area contributed by atoms with E-state index in [0.717, 1.165) is 21.6 Å². The Kier molecular flexibility index (Phi) is 7.32. The lowest BCUT2D eigenvalue weighted by atomic mass is 9.90. The quantitative estimate of drug-likeness (QED) is 0.441. The van der Waals surface area contributed by atoms with E-state index >= 15 is 0 Å². The molecule has 0 saturated heterocycles. The van der Waals surface area contributed by atoms with E-state index in [2.05, 4.69) is 22.1 Å². The fourth-order valence-electron chi connectivity index (χ4n) is 3.96. The molecule has 0 bridgehead atoms. The molecule has 4 rings (SSSR count). The molecule has 5 nitrogen and oxygen atoms in total. The van der Waals surface area contributed by atoms with Gasteiger partial charge in [-0.25, -0.2) is 9.97 Å². The molecule has 0 atom stereocenters. The number of aromatic nitrogens is 2. The van der Waals surface area contributed by atoms with Gasteiger partial charge in [0.2, 0.25) is 0 Å². The minimum Gasteiger partial charge on any atom is -0.485 e. The van der Waals surface area contributed by atoms with Crippen molar-refractivity contribution in [2.75, 3.05) is 12.4 Å². The zero-order chi connectivity index (χ0) is 23.3. The van der Waals surface area contributed by atoms with Gasteiger partial charge in [0, 0.05) is 36.5 Å². The van der Waals surface area contributed by atoms with E-state index in [9.17, 15) is 5.11 Å². The average molecular weight is 462 g/mol. The molecule has 1 fully saturated rings. The van der Waals surface area contributed by atoms with Crippen molar-refractivity contribution in [3.63, 3.8) is 0 Å². The molecule has 0 spiro atoms. The Morgan fingerprint density at radius 1 is 1.15 bits per heavy atom. The summed E-state index contributed by atoms with van der Waals surface area (Å²) in [4.78, 5) is 10.4. The van der Waals surface area contributed by atoms with Crippen LogP contribution in [0.25, 0.3) is 10.4 Å². The van der Waals surface area contributed by atoms with E-state index in [-0.39, 0.29) is 0 Å². The fraction of sp³-hybridized carbons (Fsp3) is 0.407. The van der Waals surface area contributed by atoms with E-state index in [4.69, 9.17) is 9.72 Å². The highest BCUT2D eigenvalue weighted by Crippen LogP contribution is 2.38. The van der Waals surface area contributed by atoms with Crippen molar-refractivity contribution < 1.29 is 9.84 Å². The van der Waals surface area contributed by atoms with Gasteiger partial charge in [0.15, 0.2) is 11.6 Å². The van der Waals surface area contributed by atoms with Crippen LogP contribution >= 0.6 is 11.3 Å². The molecule has 172 valence electrons. The number of nitrogens with zero attached hydrogens (tertiary/aromatic N) is 2. The first-order valence-electron chi connectivity index (χ1n) is 11.5. The molecule has 1 saturated carbocycles. The van der Waals surface area contributed by atoms with E-state index in [1.807, 2.05) is 49.8 Å². The van der Waals surface area contributed by atoms with Crippen LogP contribution in [0.5, 0.6) is 5.75 Å². The number of aliphatic hydroxyl groups is 1. The van der Waals surface area contributed by atoms with Crippen LogP contribution in [0.2, 0.25) is 0 Å². The molecule has 1 aliphatic rings. The van der Waals surface area contributed by atoms with Crippen LogP contribution in [-0.2, 0) is 6.61 Å². The average Bonchev–Trinajstić information content (AvgIpc) is 3.32. The minimum atomic E-state index is -1.02. The summed E-state index contributed by atoms with van der Waals surface area (Å²) in [6.07, 6.45) is 10.3. The van der Waals surface area contributed by atoms with Crippen molar-refractivity contribution >= 4 is 17.2 Å². The van der Waals surface area contributed by atoms with E-state index < -0.39 is 5.60 Å². The number of hydrogen-bond donors (Lipinski definition) is 2. The van der Waals surface area contributed by atoms with E-state index in [1.165, 1.54) is 37.1 Å². The summed E-state index contributed by atoms with van der Waals surface area (Å²) in [5.41, 5.74) is 1.85. The molecule has 33 heavy (non-hydrogen) atoms. The molecular weight excluding hydrogens is 430 g/mol. The van der Waals surface area contributed by atoms with Gasteiger partial charge in [0.25, 0.3) is 0 Å². The summed E-state index contributed by atoms with van der Waals surface area (Å²) < 4.78 is 6.16. The second-order valence-corrected chi connectivity index (χ2v) is 10.1. The van der Waals surface area contributed by atoms with Crippen LogP contribution in [0.15, 0.2) is 42.7 Å². The second kappa shape index (κ2) is 10.4. The van der Waals surface area contributed by atoms with Crippen molar-refractivity contribution in [1.82, 2.24) is 9.97 Å². The Labute approximate surface area is 200 Å². The minimum absolute atomic E-state index is 0.397. The number of pyridine rings is 1. The lowest BCUT2D eigenvalue weighted by molar-refractivity contribution is 0.143. The normalized spacial score (nSPS) is 14.4. The molecule has 6 heteroatoms. The van der Waals surface area contributed by atoms with E-state index in [0.29, 0.717) is 24.1 Å². The summed E-state index contributed by atoms with van der Waals surface area (Å²) in [5, 5.41) is 14.2. The molecule has 0 aliphatic heterocycles. The lowest BCUT2D eigenvalue weighted by Gasteiger charge is -2.18. The number of hydrogen-bond acceptors (Lipinski definition) is 6. The zero-order valence-corrected chi connectivity index (χ0v) is 20.3. The molecule has 1 aliphatic carbocycles. The Balaban J connectivity index is 1.50. The van der Waals surface area contributed by atoms with Gasteiger partial charge in [-0.15, -0.1) is 11.3 Å². The summed E-state index contributed by atoms with van der Waals surface area (Å²) in [7, 11) is 1.84. The monoisotopic (exact) mass is 461 g/mol. The highest BCUT2D eigenvalue weighted by molar-refractivity contribution is 7.15. The number of nitrogens with one attached hydrogen (secondary N) is 1. The van der Waals surface area contributed by atoms with Gasteiger partial charge in [-0.3, -0.25) is 0 Å². The number of ether oxygens (including phenoxy) is 1. The van der Waals surface area contributed by atoms with Gasteiger partial charge in [-0.2, -0.15) is 0 Å². The highest BCUT2D eigenvalue weighted by atomic mass is 32.1. The van der Waals surface area contributed by atoms with Crippen molar-refractivity contribution in [3.05, 3.63) is 58.9 Å². The van der Waals surface area contributed by atoms with E-state index in [1.54, 1.807) is 25.2 Å². The Bertz CT molecular complexity index is 1150. The molecule has 3 aromatic rings. The maximum atomic E-state index is 9.84. The van der Waals surface area contributed by atoms with Gasteiger partial charge in [0.1, 0.15) is 12.2 Å². The van der Waals surface area contributed by atoms with Crippen LogP contribution in [0.1, 0.15) is 68.0 Å². The number of anilines is 1. The van der Waals surface area contributed by atoms with Crippen LogP contribution in [0.4, 0.5) is 5.82 Å². The first-order valence-corrected chi connectivity index (χ1v) is 12.3. The lowest BCUT2D eigenvalue weighted by Crippen LogP contribution is -2.14. The topological polar surface area (TPSA) is 67.3 Å². The first kappa shape index (κ1) is 23.3. The molecular formula is C27H31N3O2S. The van der Waals surface area contributed by atoms with Crippen molar-refractivity contribution in [3.8, 4) is 28.0 Å². The van der Waals surface area contributed by atoms with Crippen LogP contribution in [0, 0.1) is 11.8 Å². The molecule has 0 radical (unpaired) electrons. The summed E-state index contributed by atoms with van der Waals surface area (Å²) in [5.74, 6) is 7.88. The van der Waals surface area contributed by atoms with Crippen molar-refractivity contribution in [2.45, 2.75) is 64.1 Å². The van der Waals surface area contributed by atoms with Crippen LogP contribution < -0.4 is 10.1 Å². The number of rotatable bonds is 6. The van der Waals surface area contributed by atoms with Gasteiger partial charge >= 0.3 is 0 Å². The van der Waals surface area contributed by atoms with Crippen LogP contribution in [0.3, 0.4) is 0 Å². The summed E-state index contributed by atoms with van der Waals surface area (Å²) in [6.45, 7) is 3.74. The van der Waals surface area contributed by atoms with Gasteiger partial charge in [-0.05, 0) is 50.5 Å². The predicted molar refractivity (Wildman–Crippen MR) is 135 cm³/mol. The third kappa shape index (κ3) is 6.34. The van der Waals surface area contributed by atoms with Gasteiger partial charge in [-0.1, -0.05) is 43.2 Å². The number of thiazole rings is 1. The Morgan fingerprint density at radius 3 is 2.73 bits per heavy atom. The largest absolute Gasteiger partial charge is 0.485 e. The molecule has 2 aromatic heterocycles. The number of benzene rings is 1. The molecule has 1 aromatic carbocycles. The third-order valence-electron chi connectivity index (χ3n) is 5.69. The standard InChI is InChI=1S/C27H31N3O2S/c1-27(2,31)13-12-19-8-7-9-20(14-19)18-32-23-15-22(16-29-25(23)28-3)24-17-30-26(33-24)21-10-5-4-6-11-21/h7-9,14-17,21,31H,4-6,10-11,18H2,1-3H3,(H,28,29). The predicted octanol–water partition coefficient (Wildman–Crippen LogP) is 6.00. The van der Waals surface area contributed by atoms with Crippen LogP contribution in [-0.4, -0.2) is 27.7 Å². The van der Waals surface area contributed by atoms with Gasteiger partial charge < -0.3 is 15.2 Å². The zero-order valence-electron chi connectivity index (χ0n) is 19.5.